The minimum Gasteiger partial charge on any atom is -0.477 e. The molecule has 0 unspecified atom stereocenters. The van der Waals surface area contributed by atoms with Gasteiger partial charge < -0.3 is 9.84 Å². The number of aryl methyl sites for hydroxylation is 1. The lowest BCUT2D eigenvalue weighted by Crippen LogP contribution is -2.16. The van der Waals surface area contributed by atoms with Gasteiger partial charge in [-0.15, -0.1) is 0 Å². The summed E-state index contributed by atoms with van der Waals surface area (Å²) >= 11 is 0. The number of carbonyl (C=O) groups is 1. The smallest absolute Gasteiger partial charge is 0.343 e. The first-order chi connectivity index (χ1) is 9.58. The molecule has 3 rings (SSSR count). The van der Waals surface area contributed by atoms with E-state index in [-0.39, 0.29) is 22.7 Å². The molecular formula is C13H10F2N2O3. The third-order valence-corrected chi connectivity index (χ3v) is 3.06. The topological polar surface area (TPSA) is 64.3 Å². The summed E-state index contributed by atoms with van der Waals surface area (Å²) in [6.07, 6.45) is 0.694. The molecule has 5 nitrogen and oxygen atoms in total. The summed E-state index contributed by atoms with van der Waals surface area (Å²) < 4.78 is 33.5. The van der Waals surface area contributed by atoms with Gasteiger partial charge in [0, 0.05) is 24.6 Å². The van der Waals surface area contributed by atoms with E-state index < -0.39 is 17.6 Å². The van der Waals surface area contributed by atoms with Gasteiger partial charge in [0.15, 0.2) is 0 Å². The summed E-state index contributed by atoms with van der Waals surface area (Å²) in [6.45, 7) is 0.885. The van der Waals surface area contributed by atoms with Gasteiger partial charge in [-0.2, -0.15) is 5.10 Å². The Labute approximate surface area is 112 Å². The van der Waals surface area contributed by atoms with Gasteiger partial charge in [0.2, 0.25) is 5.88 Å². The van der Waals surface area contributed by atoms with E-state index in [0.29, 0.717) is 25.6 Å². The van der Waals surface area contributed by atoms with E-state index in [9.17, 15) is 18.7 Å². The molecule has 0 fully saturated rings. The zero-order valence-corrected chi connectivity index (χ0v) is 10.3. The molecule has 1 aliphatic heterocycles. The maximum atomic E-state index is 13.8. The molecule has 0 saturated heterocycles. The molecule has 1 aromatic carbocycles. The average molecular weight is 280 g/mol. The highest BCUT2D eigenvalue weighted by Gasteiger charge is 2.29. The summed E-state index contributed by atoms with van der Waals surface area (Å²) in [6, 6.07) is 2.93. The Morgan fingerprint density at radius 1 is 1.40 bits per heavy atom. The molecule has 0 spiro atoms. The molecular weight excluding hydrogens is 270 g/mol. The lowest BCUT2D eigenvalue weighted by Gasteiger charge is -2.14. The fourth-order valence-corrected chi connectivity index (χ4v) is 2.19. The minimum absolute atomic E-state index is 0.0492. The van der Waals surface area contributed by atoms with Crippen LogP contribution in [0.1, 0.15) is 16.8 Å². The van der Waals surface area contributed by atoms with Crippen LogP contribution in [0.15, 0.2) is 18.2 Å². The fraction of sp³-hybridized carbons (Fsp3) is 0.231. The first kappa shape index (κ1) is 12.6. The fourth-order valence-electron chi connectivity index (χ4n) is 2.19. The second-order valence-electron chi connectivity index (χ2n) is 4.38. The van der Waals surface area contributed by atoms with Gasteiger partial charge in [-0.05, 0) is 12.1 Å². The van der Waals surface area contributed by atoms with Crippen LogP contribution in [0.3, 0.4) is 0 Å². The number of ether oxygens (including phenoxy) is 1. The molecule has 1 N–H and O–H groups in total. The minimum atomic E-state index is -1.26. The van der Waals surface area contributed by atoms with E-state index in [4.69, 9.17) is 4.74 Å². The van der Waals surface area contributed by atoms with E-state index in [1.54, 1.807) is 0 Å². The number of nitrogens with zero attached hydrogens (tertiary/aromatic N) is 2. The van der Waals surface area contributed by atoms with E-state index in [1.165, 1.54) is 10.7 Å². The Bertz CT molecular complexity index is 697. The van der Waals surface area contributed by atoms with Crippen molar-refractivity contribution in [3.05, 3.63) is 35.4 Å². The zero-order chi connectivity index (χ0) is 14.3. The van der Waals surface area contributed by atoms with Gasteiger partial charge in [0.05, 0.1) is 6.61 Å². The molecule has 1 aromatic heterocycles. The molecule has 0 bridgehead atoms. The summed E-state index contributed by atoms with van der Waals surface area (Å²) in [5.41, 5.74) is -0.309. The largest absolute Gasteiger partial charge is 0.477 e. The Kier molecular flexibility index (Phi) is 2.89. The van der Waals surface area contributed by atoms with Gasteiger partial charge >= 0.3 is 5.97 Å². The third kappa shape index (κ3) is 1.91. The number of carboxylic acids is 1. The SMILES string of the molecule is O=C(O)c1c(-c2ccc(F)cc2F)nn2c1OCCC2. The van der Waals surface area contributed by atoms with Gasteiger partial charge in [-0.1, -0.05) is 0 Å². The normalized spacial score (nSPS) is 13.7. The van der Waals surface area contributed by atoms with Gasteiger partial charge in [-0.25, -0.2) is 18.3 Å². The molecule has 20 heavy (non-hydrogen) atoms. The Morgan fingerprint density at radius 3 is 2.90 bits per heavy atom. The van der Waals surface area contributed by atoms with Crippen molar-refractivity contribution in [1.82, 2.24) is 9.78 Å². The molecule has 104 valence electrons. The summed E-state index contributed by atoms with van der Waals surface area (Å²) in [7, 11) is 0. The first-order valence-corrected chi connectivity index (χ1v) is 6.00. The van der Waals surface area contributed by atoms with Crippen LogP contribution < -0.4 is 4.74 Å². The van der Waals surface area contributed by atoms with Gasteiger partial charge in [-0.3, -0.25) is 0 Å². The van der Waals surface area contributed by atoms with Crippen LogP contribution in [-0.2, 0) is 6.54 Å². The van der Waals surface area contributed by atoms with Crippen LogP contribution in [0, 0.1) is 11.6 Å². The van der Waals surface area contributed by atoms with Crippen molar-refractivity contribution >= 4 is 5.97 Å². The van der Waals surface area contributed by atoms with E-state index in [1.807, 2.05) is 0 Å². The predicted octanol–water partition coefficient (Wildman–Crippen LogP) is 2.31. The van der Waals surface area contributed by atoms with Crippen molar-refractivity contribution in [3.8, 4) is 17.1 Å². The number of rotatable bonds is 2. The summed E-state index contributed by atoms with van der Waals surface area (Å²) in [4.78, 5) is 11.4. The Morgan fingerprint density at radius 2 is 2.20 bits per heavy atom. The van der Waals surface area contributed by atoms with Crippen molar-refractivity contribution in [3.63, 3.8) is 0 Å². The molecule has 0 radical (unpaired) electrons. The molecule has 0 atom stereocenters. The number of aromatic carboxylic acids is 1. The lowest BCUT2D eigenvalue weighted by molar-refractivity contribution is 0.0690. The highest BCUT2D eigenvalue weighted by atomic mass is 19.1. The highest BCUT2D eigenvalue weighted by molar-refractivity contribution is 5.97. The number of aromatic nitrogens is 2. The maximum Gasteiger partial charge on any atom is 0.343 e. The molecule has 2 aromatic rings. The van der Waals surface area contributed by atoms with Crippen LogP contribution in [0.25, 0.3) is 11.3 Å². The molecule has 0 saturated carbocycles. The quantitative estimate of drug-likeness (QED) is 0.916. The predicted molar refractivity (Wildman–Crippen MR) is 64.7 cm³/mol. The zero-order valence-electron chi connectivity index (χ0n) is 10.3. The number of halogens is 2. The number of fused-ring (bicyclic) bond motifs is 1. The van der Waals surface area contributed by atoms with Crippen molar-refractivity contribution in [1.29, 1.82) is 0 Å². The van der Waals surface area contributed by atoms with Crippen LogP contribution in [0.2, 0.25) is 0 Å². The molecule has 0 amide bonds. The van der Waals surface area contributed by atoms with Crippen LogP contribution >= 0.6 is 0 Å². The monoisotopic (exact) mass is 280 g/mol. The van der Waals surface area contributed by atoms with Crippen molar-refractivity contribution in [2.75, 3.05) is 6.61 Å². The van der Waals surface area contributed by atoms with Gasteiger partial charge in [0.1, 0.15) is 22.9 Å². The second-order valence-corrected chi connectivity index (χ2v) is 4.38. The number of carboxylic acid groups (broad SMARTS) is 1. The summed E-state index contributed by atoms with van der Waals surface area (Å²) in [5, 5.41) is 13.4. The van der Waals surface area contributed by atoms with E-state index >= 15 is 0 Å². The molecule has 1 aliphatic rings. The lowest BCUT2D eigenvalue weighted by atomic mass is 10.1. The molecule has 2 heterocycles. The second kappa shape index (κ2) is 4.59. The van der Waals surface area contributed by atoms with Crippen molar-refractivity contribution in [2.24, 2.45) is 0 Å². The van der Waals surface area contributed by atoms with Crippen molar-refractivity contribution < 1.29 is 23.4 Å². The highest BCUT2D eigenvalue weighted by Crippen LogP contribution is 2.33. The van der Waals surface area contributed by atoms with Crippen LogP contribution in [0.5, 0.6) is 5.88 Å². The van der Waals surface area contributed by atoms with Crippen LogP contribution in [-0.4, -0.2) is 27.5 Å². The Hall–Kier alpha value is -2.44. The first-order valence-electron chi connectivity index (χ1n) is 6.00. The Balaban J connectivity index is 2.22. The van der Waals surface area contributed by atoms with Crippen LogP contribution in [0.4, 0.5) is 8.78 Å². The third-order valence-electron chi connectivity index (χ3n) is 3.06. The average Bonchev–Trinajstić information content (AvgIpc) is 2.77. The van der Waals surface area contributed by atoms with E-state index in [0.717, 1.165) is 6.07 Å². The molecule has 0 aliphatic carbocycles. The number of hydrogen-bond donors (Lipinski definition) is 1. The van der Waals surface area contributed by atoms with Crippen molar-refractivity contribution in [2.45, 2.75) is 13.0 Å². The van der Waals surface area contributed by atoms with Gasteiger partial charge in [0.25, 0.3) is 0 Å². The summed E-state index contributed by atoms with van der Waals surface area (Å²) in [5.74, 6) is -2.74. The number of hydrogen-bond acceptors (Lipinski definition) is 3. The number of benzene rings is 1. The maximum absolute atomic E-state index is 13.8. The van der Waals surface area contributed by atoms with E-state index in [2.05, 4.69) is 5.10 Å². The molecule has 7 heteroatoms. The standard InChI is InChI=1S/C13H10F2N2O3/c14-7-2-3-8(9(15)6-7)11-10(13(18)19)12-17(16-11)4-1-5-20-12/h2-3,6H,1,4-5H2,(H,18,19).